The van der Waals surface area contributed by atoms with Crippen molar-refractivity contribution in [1.82, 2.24) is 9.80 Å². The lowest BCUT2D eigenvalue weighted by Crippen LogP contribution is -2.49. The Labute approximate surface area is 196 Å². The van der Waals surface area contributed by atoms with E-state index in [1.165, 1.54) is 5.56 Å². The number of nitriles is 1. The number of rotatable bonds is 6. The summed E-state index contributed by atoms with van der Waals surface area (Å²) >= 11 is 0. The normalized spacial score (nSPS) is 15.5. The van der Waals surface area contributed by atoms with Gasteiger partial charge in [-0.2, -0.15) is 5.26 Å². The molecule has 3 aromatic rings. The fraction of sp³-hybridized carbons (Fsp3) is 0.286. The summed E-state index contributed by atoms with van der Waals surface area (Å²) in [5.74, 6) is 0.00967. The number of nitrogens with one attached hydrogen (secondary N) is 1. The minimum absolute atomic E-state index is 0.00967. The van der Waals surface area contributed by atoms with E-state index in [1.54, 1.807) is 0 Å². The van der Waals surface area contributed by atoms with Gasteiger partial charge in [-0.3, -0.25) is 14.6 Å². The van der Waals surface area contributed by atoms with Crippen LogP contribution in [0, 0.1) is 25.2 Å². The predicted molar refractivity (Wildman–Crippen MR) is 132 cm³/mol. The molecule has 5 nitrogen and oxygen atoms in total. The van der Waals surface area contributed by atoms with Crippen LogP contribution in [0.3, 0.4) is 0 Å². The third-order valence-electron chi connectivity index (χ3n) is 6.28. The second-order valence-corrected chi connectivity index (χ2v) is 8.74. The van der Waals surface area contributed by atoms with Gasteiger partial charge in [0, 0.05) is 38.4 Å². The lowest BCUT2D eigenvalue weighted by atomic mass is 10.0. The summed E-state index contributed by atoms with van der Waals surface area (Å²) in [7, 11) is 0. The maximum absolute atomic E-state index is 13.5. The van der Waals surface area contributed by atoms with Crippen molar-refractivity contribution in [3.8, 4) is 6.07 Å². The molecule has 33 heavy (non-hydrogen) atoms. The maximum atomic E-state index is 13.5. The molecule has 3 aromatic carbocycles. The van der Waals surface area contributed by atoms with E-state index in [4.69, 9.17) is 5.26 Å². The molecule has 4 rings (SSSR count). The summed E-state index contributed by atoms with van der Waals surface area (Å²) in [4.78, 5) is 18.2. The number of benzene rings is 3. The Bertz CT molecular complexity index is 1130. The lowest BCUT2D eigenvalue weighted by molar-refractivity contribution is -0.122. The van der Waals surface area contributed by atoms with Gasteiger partial charge in [-0.1, -0.05) is 54.6 Å². The van der Waals surface area contributed by atoms with E-state index in [0.717, 1.165) is 55.1 Å². The van der Waals surface area contributed by atoms with Gasteiger partial charge in [-0.25, -0.2) is 0 Å². The van der Waals surface area contributed by atoms with Crippen molar-refractivity contribution in [2.75, 3.05) is 31.5 Å². The van der Waals surface area contributed by atoms with Crippen molar-refractivity contribution in [3.05, 3.63) is 101 Å². The quantitative estimate of drug-likeness (QED) is 0.607. The van der Waals surface area contributed by atoms with E-state index in [2.05, 4.69) is 27.3 Å². The van der Waals surface area contributed by atoms with Crippen LogP contribution < -0.4 is 5.32 Å². The van der Waals surface area contributed by atoms with Gasteiger partial charge in [0.25, 0.3) is 0 Å². The van der Waals surface area contributed by atoms with E-state index >= 15 is 0 Å². The zero-order valence-electron chi connectivity index (χ0n) is 19.3. The number of hydrogen-bond donors (Lipinski definition) is 1. The van der Waals surface area contributed by atoms with Crippen molar-refractivity contribution in [1.29, 1.82) is 5.26 Å². The maximum Gasteiger partial charge on any atom is 0.246 e. The first-order valence-electron chi connectivity index (χ1n) is 11.4. The Morgan fingerprint density at radius 3 is 2.33 bits per heavy atom. The smallest absolute Gasteiger partial charge is 0.246 e. The summed E-state index contributed by atoms with van der Waals surface area (Å²) in [5, 5.41) is 12.2. The summed E-state index contributed by atoms with van der Waals surface area (Å²) in [6, 6.07) is 25.8. The van der Waals surface area contributed by atoms with E-state index in [9.17, 15) is 4.79 Å². The molecule has 0 saturated carbocycles. The zero-order valence-corrected chi connectivity index (χ0v) is 19.3. The van der Waals surface area contributed by atoms with Gasteiger partial charge >= 0.3 is 0 Å². The van der Waals surface area contributed by atoms with Crippen LogP contribution in [-0.4, -0.2) is 41.9 Å². The molecule has 1 aliphatic rings. The number of amides is 1. The molecule has 0 aromatic heterocycles. The molecule has 0 unspecified atom stereocenters. The van der Waals surface area contributed by atoms with Gasteiger partial charge in [0.05, 0.1) is 11.6 Å². The van der Waals surface area contributed by atoms with Gasteiger partial charge in [-0.15, -0.1) is 0 Å². The van der Waals surface area contributed by atoms with Gasteiger partial charge in [0.15, 0.2) is 0 Å². The first-order valence-corrected chi connectivity index (χ1v) is 11.4. The molecule has 0 spiro atoms. The molecule has 1 heterocycles. The molecule has 5 heteroatoms. The highest BCUT2D eigenvalue weighted by Gasteiger charge is 2.30. The molecule has 1 amide bonds. The van der Waals surface area contributed by atoms with Crippen molar-refractivity contribution >= 4 is 11.6 Å². The molecular weight excluding hydrogens is 408 g/mol. The van der Waals surface area contributed by atoms with E-state index in [-0.39, 0.29) is 11.9 Å². The second-order valence-electron chi connectivity index (χ2n) is 8.74. The Hall–Kier alpha value is -3.46. The van der Waals surface area contributed by atoms with Gasteiger partial charge in [-0.05, 0) is 54.3 Å². The first kappa shape index (κ1) is 22.7. The number of piperazine rings is 1. The van der Waals surface area contributed by atoms with Crippen LogP contribution in [0.15, 0.2) is 72.8 Å². The Morgan fingerprint density at radius 1 is 0.970 bits per heavy atom. The summed E-state index contributed by atoms with van der Waals surface area (Å²) in [6.45, 7) is 8.32. The SMILES string of the molecule is Cc1ccc(C)c(NC(=O)[C@@H](c2ccccc2)N2CCN(Cc3ccc(C#N)cc3)CC2)c1. The Kier molecular flexibility index (Phi) is 7.19. The first-order chi connectivity index (χ1) is 16.0. The topological polar surface area (TPSA) is 59.4 Å². The van der Waals surface area contributed by atoms with Crippen molar-refractivity contribution in [2.45, 2.75) is 26.4 Å². The number of nitrogens with zero attached hydrogens (tertiary/aromatic N) is 3. The van der Waals surface area contributed by atoms with Gasteiger partial charge in [0.1, 0.15) is 6.04 Å². The van der Waals surface area contributed by atoms with Crippen LogP contribution >= 0.6 is 0 Å². The van der Waals surface area contributed by atoms with Gasteiger partial charge in [0.2, 0.25) is 5.91 Å². The van der Waals surface area contributed by atoms with Crippen LogP contribution in [-0.2, 0) is 11.3 Å². The molecule has 0 bridgehead atoms. The van der Waals surface area contributed by atoms with Crippen LogP contribution in [0.5, 0.6) is 0 Å². The minimum atomic E-state index is -0.330. The molecule has 1 saturated heterocycles. The fourth-order valence-electron chi connectivity index (χ4n) is 4.36. The Balaban J connectivity index is 1.46. The van der Waals surface area contributed by atoms with Gasteiger partial charge < -0.3 is 5.32 Å². The highest BCUT2D eigenvalue weighted by atomic mass is 16.2. The average Bonchev–Trinajstić information content (AvgIpc) is 2.84. The molecule has 0 aliphatic carbocycles. The van der Waals surface area contributed by atoms with E-state index in [0.29, 0.717) is 5.56 Å². The molecule has 1 atom stereocenters. The zero-order chi connectivity index (χ0) is 23.2. The monoisotopic (exact) mass is 438 g/mol. The highest BCUT2D eigenvalue weighted by molar-refractivity contribution is 5.96. The largest absolute Gasteiger partial charge is 0.324 e. The number of carbonyl (C=O) groups is 1. The van der Waals surface area contributed by atoms with E-state index < -0.39 is 0 Å². The molecule has 0 radical (unpaired) electrons. The van der Waals surface area contributed by atoms with Crippen LogP contribution in [0.4, 0.5) is 5.69 Å². The second kappa shape index (κ2) is 10.4. The summed E-state index contributed by atoms with van der Waals surface area (Å²) in [6.07, 6.45) is 0. The van der Waals surface area contributed by atoms with Crippen molar-refractivity contribution < 1.29 is 4.79 Å². The number of carbonyl (C=O) groups excluding carboxylic acids is 1. The number of aryl methyl sites for hydroxylation is 2. The molecule has 1 aliphatic heterocycles. The average molecular weight is 439 g/mol. The summed E-state index contributed by atoms with van der Waals surface area (Å²) in [5.41, 5.74) is 5.97. The number of anilines is 1. The highest BCUT2D eigenvalue weighted by Crippen LogP contribution is 2.26. The van der Waals surface area contributed by atoms with E-state index in [1.807, 2.05) is 80.6 Å². The minimum Gasteiger partial charge on any atom is -0.324 e. The van der Waals surface area contributed by atoms with Crippen LogP contribution in [0.1, 0.15) is 33.9 Å². The fourth-order valence-corrected chi connectivity index (χ4v) is 4.36. The van der Waals surface area contributed by atoms with Crippen LogP contribution in [0.25, 0.3) is 0 Å². The van der Waals surface area contributed by atoms with Crippen molar-refractivity contribution in [2.24, 2.45) is 0 Å². The van der Waals surface area contributed by atoms with Crippen LogP contribution in [0.2, 0.25) is 0 Å². The standard InChI is InChI=1S/C28H30N4O/c1-21-8-9-22(2)26(18-21)30-28(33)27(25-6-4-3-5-7-25)32-16-14-31(15-17-32)20-24-12-10-23(19-29)11-13-24/h3-13,18,27H,14-17,20H2,1-2H3,(H,30,33)/t27-/m1/s1. The summed E-state index contributed by atoms with van der Waals surface area (Å²) < 4.78 is 0. The molecule has 1 fully saturated rings. The third kappa shape index (κ3) is 5.67. The predicted octanol–water partition coefficient (Wildman–Crippen LogP) is 4.67. The Morgan fingerprint density at radius 2 is 1.67 bits per heavy atom. The molecular formula is C28H30N4O. The molecule has 1 N–H and O–H groups in total. The third-order valence-corrected chi connectivity index (χ3v) is 6.28. The molecule has 168 valence electrons. The number of hydrogen-bond acceptors (Lipinski definition) is 4. The van der Waals surface area contributed by atoms with Crippen molar-refractivity contribution in [3.63, 3.8) is 0 Å². The lowest BCUT2D eigenvalue weighted by Gasteiger charge is -2.39.